The van der Waals surface area contributed by atoms with Gasteiger partial charge in [-0.1, -0.05) is 5.16 Å². The summed E-state index contributed by atoms with van der Waals surface area (Å²) in [7, 11) is 1.92. The fourth-order valence-corrected chi connectivity index (χ4v) is 3.39. The molecule has 3 aromatic rings. The molecule has 1 aliphatic rings. The van der Waals surface area contributed by atoms with Crippen LogP contribution in [0.3, 0.4) is 0 Å². The average molecular weight is 386 g/mol. The highest BCUT2D eigenvalue weighted by atomic mass is 16.5. The van der Waals surface area contributed by atoms with E-state index in [4.69, 9.17) is 9.26 Å². The van der Waals surface area contributed by atoms with Gasteiger partial charge in [-0.25, -0.2) is 0 Å². The number of aliphatic hydroxyl groups excluding tert-OH is 1. The van der Waals surface area contributed by atoms with Crippen LogP contribution in [0, 0.1) is 0 Å². The second-order valence-corrected chi connectivity index (χ2v) is 6.98. The topological polar surface area (TPSA) is 129 Å². The Balaban J connectivity index is 1.36. The molecule has 4 rings (SSSR count). The van der Waals surface area contributed by atoms with E-state index >= 15 is 0 Å². The standard InChI is InChI=1S/C18H22N6O4/c1-24(9-12-4-7-28-22-12)10-16-17(25)14(5-6-27-16)19-18(26)11-2-3-13-15(8-11)21-23-20-13/h2-4,7-8,14,16-17,25H,5-6,9-10H2,1H3,(H,19,26)(H,20,21,23)/t14-,16+,17-/m0/s1. The maximum Gasteiger partial charge on any atom is 0.251 e. The zero-order valence-electron chi connectivity index (χ0n) is 15.4. The molecule has 0 spiro atoms. The molecule has 3 N–H and O–H groups in total. The molecule has 148 valence electrons. The lowest BCUT2D eigenvalue weighted by Crippen LogP contribution is -2.55. The average Bonchev–Trinajstić information content (AvgIpc) is 3.35. The lowest BCUT2D eigenvalue weighted by Gasteiger charge is -2.37. The van der Waals surface area contributed by atoms with Crippen molar-refractivity contribution in [3.63, 3.8) is 0 Å². The van der Waals surface area contributed by atoms with E-state index in [0.29, 0.717) is 42.7 Å². The lowest BCUT2D eigenvalue weighted by atomic mass is 9.98. The molecule has 3 atom stereocenters. The van der Waals surface area contributed by atoms with Gasteiger partial charge < -0.3 is 19.7 Å². The van der Waals surface area contributed by atoms with Gasteiger partial charge in [-0.3, -0.25) is 9.69 Å². The number of carbonyl (C=O) groups excluding carboxylic acids is 1. The van der Waals surface area contributed by atoms with E-state index in [1.807, 2.05) is 11.9 Å². The van der Waals surface area contributed by atoms with Crippen molar-refractivity contribution in [2.45, 2.75) is 31.2 Å². The number of nitrogens with one attached hydrogen (secondary N) is 2. The summed E-state index contributed by atoms with van der Waals surface area (Å²) in [5.74, 6) is -0.259. The minimum absolute atomic E-state index is 0.259. The molecule has 28 heavy (non-hydrogen) atoms. The van der Waals surface area contributed by atoms with Gasteiger partial charge in [0.1, 0.15) is 23.4 Å². The summed E-state index contributed by atoms with van der Waals surface area (Å²) in [6.07, 6.45) is 0.849. The first kappa shape index (κ1) is 18.5. The third-order valence-corrected chi connectivity index (χ3v) is 4.86. The summed E-state index contributed by atoms with van der Waals surface area (Å²) in [6.45, 7) is 1.55. The minimum Gasteiger partial charge on any atom is -0.388 e. The van der Waals surface area contributed by atoms with Gasteiger partial charge in [0.15, 0.2) is 0 Å². The Bertz CT molecular complexity index is 927. The molecule has 10 heteroatoms. The molecular formula is C18H22N6O4. The van der Waals surface area contributed by atoms with Crippen molar-refractivity contribution in [1.29, 1.82) is 0 Å². The SMILES string of the molecule is CN(Cc1ccon1)C[C@H]1OCC[C@H](NC(=O)c2ccc3n[nH]nc3c2)[C@@H]1O. The summed E-state index contributed by atoms with van der Waals surface area (Å²) in [4.78, 5) is 14.6. The van der Waals surface area contributed by atoms with Gasteiger partial charge in [-0.2, -0.15) is 15.4 Å². The summed E-state index contributed by atoms with van der Waals surface area (Å²) >= 11 is 0. The number of aromatic amines is 1. The zero-order chi connectivity index (χ0) is 19.5. The predicted octanol–water partition coefficient (Wildman–Crippen LogP) is 0.326. The van der Waals surface area contributed by atoms with Crippen LogP contribution >= 0.6 is 0 Å². The van der Waals surface area contributed by atoms with Gasteiger partial charge in [0, 0.05) is 31.3 Å². The van der Waals surface area contributed by atoms with Crippen LogP contribution in [0.2, 0.25) is 0 Å². The van der Waals surface area contributed by atoms with E-state index in [-0.39, 0.29) is 11.9 Å². The van der Waals surface area contributed by atoms with E-state index in [9.17, 15) is 9.90 Å². The lowest BCUT2D eigenvalue weighted by molar-refractivity contribution is -0.0982. The van der Waals surface area contributed by atoms with Crippen molar-refractivity contribution >= 4 is 16.9 Å². The first-order valence-electron chi connectivity index (χ1n) is 9.09. The quantitative estimate of drug-likeness (QED) is 0.553. The molecule has 0 radical (unpaired) electrons. The van der Waals surface area contributed by atoms with Crippen LogP contribution in [0.1, 0.15) is 22.5 Å². The number of hydrogen-bond acceptors (Lipinski definition) is 8. The third-order valence-electron chi connectivity index (χ3n) is 4.86. The van der Waals surface area contributed by atoms with E-state index in [1.54, 1.807) is 24.3 Å². The van der Waals surface area contributed by atoms with Crippen molar-refractivity contribution in [1.82, 2.24) is 30.8 Å². The van der Waals surface area contributed by atoms with Crippen LogP contribution in [-0.4, -0.2) is 74.9 Å². The second-order valence-electron chi connectivity index (χ2n) is 6.98. The molecule has 1 amide bonds. The summed E-state index contributed by atoms with van der Waals surface area (Å²) < 4.78 is 10.6. The largest absolute Gasteiger partial charge is 0.388 e. The third kappa shape index (κ3) is 4.03. The first-order chi connectivity index (χ1) is 13.6. The number of nitrogens with zero attached hydrogens (tertiary/aromatic N) is 4. The summed E-state index contributed by atoms with van der Waals surface area (Å²) in [6, 6.07) is 6.50. The van der Waals surface area contributed by atoms with Crippen LogP contribution in [0.25, 0.3) is 11.0 Å². The number of rotatable bonds is 6. The Morgan fingerprint density at radius 1 is 1.36 bits per heavy atom. The van der Waals surface area contributed by atoms with Crippen molar-refractivity contribution in [3.8, 4) is 0 Å². The number of benzene rings is 1. The minimum atomic E-state index is -0.812. The van der Waals surface area contributed by atoms with E-state index in [2.05, 4.69) is 25.9 Å². The smallest absolute Gasteiger partial charge is 0.251 e. The number of amides is 1. The monoisotopic (exact) mass is 386 g/mol. The van der Waals surface area contributed by atoms with Gasteiger partial charge in [0.05, 0.1) is 17.8 Å². The number of likely N-dealkylation sites (N-methyl/N-ethyl adjacent to an activating group) is 1. The molecule has 0 aliphatic carbocycles. The molecule has 1 aromatic carbocycles. The Morgan fingerprint density at radius 2 is 2.21 bits per heavy atom. The van der Waals surface area contributed by atoms with Gasteiger partial charge >= 0.3 is 0 Å². The van der Waals surface area contributed by atoms with Crippen molar-refractivity contribution in [2.24, 2.45) is 0 Å². The number of aliphatic hydroxyl groups is 1. The maximum absolute atomic E-state index is 12.6. The normalized spacial score (nSPS) is 22.6. The molecule has 3 heterocycles. The number of ether oxygens (including phenoxy) is 1. The Morgan fingerprint density at radius 3 is 3.04 bits per heavy atom. The molecule has 10 nitrogen and oxygen atoms in total. The van der Waals surface area contributed by atoms with Crippen LogP contribution < -0.4 is 5.32 Å². The number of fused-ring (bicyclic) bond motifs is 1. The first-order valence-corrected chi connectivity index (χ1v) is 9.09. The maximum atomic E-state index is 12.6. The van der Waals surface area contributed by atoms with Gasteiger partial charge in [0.2, 0.25) is 0 Å². The van der Waals surface area contributed by atoms with Crippen LogP contribution in [0.4, 0.5) is 0 Å². The van der Waals surface area contributed by atoms with Gasteiger partial charge in [-0.15, -0.1) is 0 Å². The number of carbonyl (C=O) groups is 1. The van der Waals surface area contributed by atoms with Crippen LogP contribution in [0.5, 0.6) is 0 Å². The molecule has 0 bridgehead atoms. The van der Waals surface area contributed by atoms with E-state index < -0.39 is 12.2 Å². The van der Waals surface area contributed by atoms with Gasteiger partial charge in [-0.05, 0) is 31.7 Å². The van der Waals surface area contributed by atoms with Crippen molar-refractivity contribution < 1.29 is 19.2 Å². The molecule has 0 unspecified atom stereocenters. The van der Waals surface area contributed by atoms with Crippen molar-refractivity contribution in [2.75, 3.05) is 20.2 Å². The highest BCUT2D eigenvalue weighted by Crippen LogP contribution is 2.18. The highest BCUT2D eigenvalue weighted by molar-refractivity contribution is 5.97. The van der Waals surface area contributed by atoms with Crippen molar-refractivity contribution in [3.05, 3.63) is 41.8 Å². The molecule has 2 aromatic heterocycles. The molecule has 1 aliphatic heterocycles. The zero-order valence-corrected chi connectivity index (χ0v) is 15.4. The second kappa shape index (κ2) is 8.05. The number of H-pyrrole nitrogens is 1. The highest BCUT2D eigenvalue weighted by Gasteiger charge is 2.34. The van der Waals surface area contributed by atoms with E-state index in [1.165, 1.54) is 6.26 Å². The van der Waals surface area contributed by atoms with E-state index in [0.717, 1.165) is 5.69 Å². The Labute approximate surface area is 160 Å². The Hall–Kier alpha value is -2.82. The molecule has 1 saturated heterocycles. The van der Waals surface area contributed by atoms with Gasteiger partial charge in [0.25, 0.3) is 5.91 Å². The Kier molecular flexibility index (Phi) is 5.33. The van der Waals surface area contributed by atoms with Crippen LogP contribution in [-0.2, 0) is 11.3 Å². The molecular weight excluding hydrogens is 364 g/mol. The fraction of sp³-hybridized carbons (Fsp3) is 0.444. The number of hydrogen-bond donors (Lipinski definition) is 3. The molecule has 0 saturated carbocycles. The fourth-order valence-electron chi connectivity index (χ4n) is 3.39. The predicted molar refractivity (Wildman–Crippen MR) is 98.3 cm³/mol. The summed E-state index contributed by atoms with van der Waals surface area (Å²) in [5.41, 5.74) is 2.59. The van der Waals surface area contributed by atoms with Crippen LogP contribution in [0.15, 0.2) is 35.1 Å². The molecule has 1 fully saturated rings. The summed E-state index contributed by atoms with van der Waals surface area (Å²) in [5, 5.41) is 28.0. The number of aromatic nitrogens is 4.